The monoisotopic (exact) mass is 318 g/mol. The SMILES string of the molecule is CS(=O)(=O)N1CCCCC1C(=O)NCC1CCC(O)CC1. The third kappa shape index (κ3) is 4.66. The van der Waals surface area contributed by atoms with E-state index in [-0.39, 0.29) is 12.0 Å². The standard InChI is InChI=1S/C14H26N2O4S/c1-21(19,20)16-9-3-2-4-13(16)14(18)15-10-11-5-7-12(17)8-6-11/h11-13,17H,2-10H2,1H3,(H,15,18). The van der Waals surface area contributed by atoms with E-state index in [0.717, 1.165) is 38.5 Å². The lowest BCUT2D eigenvalue weighted by atomic mass is 9.87. The molecule has 0 bridgehead atoms. The predicted molar refractivity (Wildman–Crippen MR) is 80.2 cm³/mol. The van der Waals surface area contributed by atoms with Crippen LogP contribution in [0, 0.1) is 5.92 Å². The van der Waals surface area contributed by atoms with Gasteiger partial charge in [0.2, 0.25) is 15.9 Å². The van der Waals surface area contributed by atoms with Crippen molar-refractivity contribution in [2.75, 3.05) is 19.3 Å². The van der Waals surface area contributed by atoms with E-state index < -0.39 is 16.1 Å². The highest BCUT2D eigenvalue weighted by Crippen LogP contribution is 2.24. The van der Waals surface area contributed by atoms with Crippen LogP contribution >= 0.6 is 0 Å². The van der Waals surface area contributed by atoms with Crippen LogP contribution < -0.4 is 5.32 Å². The molecule has 6 nitrogen and oxygen atoms in total. The number of amides is 1. The van der Waals surface area contributed by atoms with E-state index in [4.69, 9.17) is 0 Å². The molecule has 1 saturated heterocycles. The van der Waals surface area contributed by atoms with Gasteiger partial charge in [-0.3, -0.25) is 4.79 Å². The number of hydrogen-bond acceptors (Lipinski definition) is 4. The zero-order chi connectivity index (χ0) is 15.5. The third-order valence-corrected chi connectivity index (χ3v) is 5.85. The summed E-state index contributed by atoms with van der Waals surface area (Å²) >= 11 is 0. The molecule has 0 aromatic carbocycles. The highest BCUT2D eigenvalue weighted by atomic mass is 32.2. The molecule has 0 aromatic rings. The Labute approximate surface area is 126 Å². The van der Waals surface area contributed by atoms with Crippen molar-refractivity contribution in [2.24, 2.45) is 5.92 Å². The molecule has 1 amide bonds. The number of hydrogen-bond donors (Lipinski definition) is 2. The van der Waals surface area contributed by atoms with Crippen molar-refractivity contribution in [1.29, 1.82) is 0 Å². The summed E-state index contributed by atoms with van der Waals surface area (Å²) in [6, 6.07) is -0.553. The van der Waals surface area contributed by atoms with Gasteiger partial charge in [-0.25, -0.2) is 8.42 Å². The highest BCUT2D eigenvalue weighted by molar-refractivity contribution is 7.88. The largest absolute Gasteiger partial charge is 0.393 e. The van der Waals surface area contributed by atoms with Crippen molar-refractivity contribution in [3.63, 3.8) is 0 Å². The number of sulfonamides is 1. The summed E-state index contributed by atoms with van der Waals surface area (Å²) in [5.41, 5.74) is 0. The molecule has 2 fully saturated rings. The van der Waals surface area contributed by atoms with Gasteiger partial charge in [0.05, 0.1) is 12.4 Å². The summed E-state index contributed by atoms with van der Waals surface area (Å²) in [6.07, 6.45) is 6.69. The molecule has 1 saturated carbocycles. The molecule has 2 N–H and O–H groups in total. The average molecular weight is 318 g/mol. The molecular weight excluding hydrogens is 292 g/mol. The van der Waals surface area contributed by atoms with E-state index in [1.54, 1.807) is 0 Å². The van der Waals surface area contributed by atoms with Crippen LogP contribution in [-0.4, -0.2) is 55.2 Å². The molecule has 21 heavy (non-hydrogen) atoms. The van der Waals surface area contributed by atoms with Gasteiger partial charge in [-0.15, -0.1) is 0 Å². The van der Waals surface area contributed by atoms with Crippen LogP contribution in [-0.2, 0) is 14.8 Å². The number of rotatable bonds is 4. The molecule has 1 atom stereocenters. The van der Waals surface area contributed by atoms with Gasteiger partial charge in [-0.2, -0.15) is 4.31 Å². The van der Waals surface area contributed by atoms with Crippen molar-refractivity contribution in [1.82, 2.24) is 9.62 Å². The van der Waals surface area contributed by atoms with Crippen LogP contribution in [0.4, 0.5) is 0 Å². The van der Waals surface area contributed by atoms with Gasteiger partial charge in [0.25, 0.3) is 0 Å². The van der Waals surface area contributed by atoms with Crippen molar-refractivity contribution in [3.05, 3.63) is 0 Å². The Morgan fingerprint density at radius 3 is 2.48 bits per heavy atom. The Hall–Kier alpha value is -0.660. The lowest BCUT2D eigenvalue weighted by Crippen LogP contribution is -2.52. The number of nitrogens with one attached hydrogen (secondary N) is 1. The fraction of sp³-hybridized carbons (Fsp3) is 0.929. The summed E-state index contributed by atoms with van der Waals surface area (Å²) in [5, 5.41) is 12.4. The maximum Gasteiger partial charge on any atom is 0.238 e. The number of carbonyl (C=O) groups is 1. The fourth-order valence-electron chi connectivity index (χ4n) is 3.28. The minimum atomic E-state index is -3.33. The number of piperidine rings is 1. The zero-order valence-corrected chi connectivity index (χ0v) is 13.4. The maximum atomic E-state index is 12.3. The molecular formula is C14H26N2O4S. The zero-order valence-electron chi connectivity index (χ0n) is 12.6. The Bertz CT molecular complexity index is 458. The molecule has 0 aromatic heterocycles. The Morgan fingerprint density at radius 1 is 1.19 bits per heavy atom. The summed E-state index contributed by atoms with van der Waals surface area (Å²) in [6.45, 7) is 1.02. The van der Waals surface area contributed by atoms with Gasteiger partial charge in [0.15, 0.2) is 0 Å². The van der Waals surface area contributed by atoms with Crippen molar-refractivity contribution in [3.8, 4) is 0 Å². The number of nitrogens with zero attached hydrogens (tertiary/aromatic N) is 1. The quantitative estimate of drug-likeness (QED) is 0.789. The molecule has 1 aliphatic heterocycles. The van der Waals surface area contributed by atoms with Gasteiger partial charge in [0.1, 0.15) is 6.04 Å². The van der Waals surface area contributed by atoms with Crippen LogP contribution in [0.5, 0.6) is 0 Å². The maximum absolute atomic E-state index is 12.3. The van der Waals surface area contributed by atoms with Crippen LogP contribution in [0.15, 0.2) is 0 Å². The van der Waals surface area contributed by atoms with Gasteiger partial charge < -0.3 is 10.4 Å². The topological polar surface area (TPSA) is 86.7 Å². The molecule has 0 spiro atoms. The van der Waals surface area contributed by atoms with Crippen LogP contribution in [0.25, 0.3) is 0 Å². The first-order valence-electron chi connectivity index (χ1n) is 7.80. The molecule has 1 heterocycles. The Morgan fingerprint density at radius 2 is 1.86 bits per heavy atom. The predicted octanol–water partition coefficient (Wildman–Crippen LogP) is 0.468. The van der Waals surface area contributed by atoms with Crippen molar-refractivity contribution in [2.45, 2.75) is 57.1 Å². The van der Waals surface area contributed by atoms with Gasteiger partial charge >= 0.3 is 0 Å². The van der Waals surface area contributed by atoms with Crippen molar-refractivity contribution >= 4 is 15.9 Å². The minimum Gasteiger partial charge on any atom is -0.393 e. The Balaban J connectivity index is 1.86. The Kier molecular flexibility index (Phi) is 5.62. The van der Waals surface area contributed by atoms with E-state index in [1.165, 1.54) is 10.6 Å². The third-order valence-electron chi connectivity index (χ3n) is 4.56. The molecule has 7 heteroatoms. The first-order chi connectivity index (χ1) is 9.88. The van der Waals surface area contributed by atoms with Gasteiger partial charge in [-0.1, -0.05) is 6.42 Å². The van der Waals surface area contributed by atoms with Crippen LogP contribution in [0.2, 0.25) is 0 Å². The molecule has 122 valence electrons. The second kappa shape index (κ2) is 7.07. The smallest absolute Gasteiger partial charge is 0.238 e. The van der Waals surface area contributed by atoms with E-state index >= 15 is 0 Å². The van der Waals surface area contributed by atoms with Crippen molar-refractivity contribution < 1.29 is 18.3 Å². The summed E-state index contributed by atoms with van der Waals surface area (Å²) < 4.78 is 24.9. The molecule has 1 unspecified atom stereocenters. The van der Waals surface area contributed by atoms with Crippen LogP contribution in [0.1, 0.15) is 44.9 Å². The van der Waals surface area contributed by atoms with Gasteiger partial charge in [0, 0.05) is 13.1 Å². The van der Waals surface area contributed by atoms with Crippen LogP contribution in [0.3, 0.4) is 0 Å². The number of aliphatic hydroxyl groups excluding tert-OH is 1. The molecule has 2 rings (SSSR count). The molecule has 1 aliphatic carbocycles. The second-order valence-corrected chi connectivity index (χ2v) is 8.24. The lowest BCUT2D eigenvalue weighted by Gasteiger charge is -2.33. The van der Waals surface area contributed by atoms with Gasteiger partial charge in [-0.05, 0) is 44.4 Å². The first kappa shape index (κ1) is 16.7. The van der Waals surface area contributed by atoms with E-state index in [0.29, 0.717) is 25.4 Å². The number of carbonyl (C=O) groups excluding carboxylic acids is 1. The average Bonchev–Trinajstić information content (AvgIpc) is 2.45. The summed E-state index contributed by atoms with van der Waals surface area (Å²) in [5.74, 6) is 0.221. The van der Waals surface area contributed by atoms with E-state index in [1.807, 2.05) is 0 Å². The first-order valence-corrected chi connectivity index (χ1v) is 9.65. The highest BCUT2D eigenvalue weighted by Gasteiger charge is 2.34. The van der Waals surface area contributed by atoms with E-state index in [2.05, 4.69) is 5.32 Å². The fourth-order valence-corrected chi connectivity index (χ4v) is 4.40. The second-order valence-electron chi connectivity index (χ2n) is 6.30. The normalized spacial score (nSPS) is 31.8. The summed E-state index contributed by atoms with van der Waals surface area (Å²) in [7, 11) is -3.33. The molecule has 0 radical (unpaired) electrons. The summed E-state index contributed by atoms with van der Waals surface area (Å²) in [4.78, 5) is 12.3. The molecule has 2 aliphatic rings. The minimum absolute atomic E-state index is 0.175. The number of aliphatic hydroxyl groups is 1. The lowest BCUT2D eigenvalue weighted by molar-refractivity contribution is -0.125. The van der Waals surface area contributed by atoms with E-state index in [9.17, 15) is 18.3 Å².